The number of carbonyl (C=O) groups excluding carboxylic acids is 4. The van der Waals surface area contributed by atoms with Crippen LogP contribution in [0.1, 0.15) is 40.2 Å². The molecule has 32 heavy (non-hydrogen) atoms. The van der Waals surface area contributed by atoms with Crippen molar-refractivity contribution in [1.29, 1.82) is 5.41 Å². The van der Waals surface area contributed by atoms with Crippen LogP contribution in [0.15, 0.2) is 24.5 Å². The summed E-state index contributed by atoms with van der Waals surface area (Å²) in [6, 6.07) is 3.03. The third kappa shape index (κ3) is 6.72. The van der Waals surface area contributed by atoms with Crippen LogP contribution in [0.4, 0.5) is 11.4 Å². The average molecular weight is 445 g/mol. The Kier molecular flexibility index (Phi) is 8.16. The maximum atomic E-state index is 12.7. The lowest BCUT2D eigenvalue weighted by molar-refractivity contribution is -0.141. The van der Waals surface area contributed by atoms with Crippen molar-refractivity contribution in [3.63, 3.8) is 0 Å². The fourth-order valence-corrected chi connectivity index (χ4v) is 2.85. The molecule has 0 saturated heterocycles. The molecule has 2 aromatic heterocycles. The summed E-state index contributed by atoms with van der Waals surface area (Å²) >= 11 is 0. The molecule has 2 heterocycles. The number of hydrogen-bond acceptors (Lipinski definition) is 6. The van der Waals surface area contributed by atoms with Gasteiger partial charge in [0.05, 0.1) is 30.7 Å². The fraction of sp³-hybridized carbons (Fsp3) is 0.350. The van der Waals surface area contributed by atoms with E-state index in [4.69, 9.17) is 11.1 Å². The van der Waals surface area contributed by atoms with Gasteiger partial charge in [-0.1, -0.05) is 0 Å². The topological polar surface area (TPSA) is 173 Å². The summed E-state index contributed by atoms with van der Waals surface area (Å²) in [5.41, 5.74) is 6.70. The molecule has 0 aliphatic rings. The molecule has 0 saturated carbocycles. The van der Waals surface area contributed by atoms with Crippen molar-refractivity contribution in [3.05, 3.63) is 35.9 Å². The van der Waals surface area contributed by atoms with Crippen molar-refractivity contribution in [1.82, 2.24) is 14.5 Å². The SMILES string of the molecule is COC(=O)CCC(=O)Nc1cc(C(=O)Nc2cc(C(=O)NCCC(=N)N)n(C)c2)n(C)c1. The summed E-state index contributed by atoms with van der Waals surface area (Å²) in [7, 11) is 4.57. The van der Waals surface area contributed by atoms with Crippen molar-refractivity contribution >= 4 is 40.9 Å². The first-order valence-corrected chi connectivity index (χ1v) is 9.72. The first kappa shape index (κ1) is 24.2. The number of esters is 1. The molecule has 12 nitrogen and oxygen atoms in total. The second-order valence-electron chi connectivity index (χ2n) is 7.06. The molecule has 0 aliphatic carbocycles. The van der Waals surface area contributed by atoms with Crippen molar-refractivity contribution in [3.8, 4) is 0 Å². The third-order valence-corrected chi connectivity index (χ3v) is 4.48. The Morgan fingerprint density at radius 3 is 2.06 bits per heavy atom. The van der Waals surface area contributed by atoms with E-state index in [0.717, 1.165) is 0 Å². The molecule has 0 radical (unpaired) electrons. The first-order chi connectivity index (χ1) is 15.1. The third-order valence-electron chi connectivity index (χ3n) is 4.48. The molecule has 2 rings (SSSR count). The predicted octanol–water partition coefficient (Wildman–Crippen LogP) is 0.563. The van der Waals surface area contributed by atoms with E-state index >= 15 is 0 Å². The van der Waals surface area contributed by atoms with Crippen LogP contribution in [0, 0.1) is 5.41 Å². The number of anilines is 2. The lowest BCUT2D eigenvalue weighted by Gasteiger charge is -2.04. The van der Waals surface area contributed by atoms with Gasteiger partial charge in [-0.25, -0.2) is 0 Å². The molecule has 0 fully saturated rings. The number of amides is 3. The molecular weight excluding hydrogens is 418 g/mol. The Morgan fingerprint density at radius 2 is 1.50 bits per heavy atom. The van der Waals surface area contributed by atoms with Gasteiger partial charge in [0.25, 0.3) is 11.8 Å². The molecule has 0 atom stereocenters. The summed E-state index contributed by atoms with van der Waals surface area (Å²) in [6.45, 7) is 0.235. The molecule has 6 N–H and O–H groups in total. The van der Waals surface area contributed by atoms with Crippen LogP contribution in [0.3, 0.4) is 0 Å². The van der Waals surface area contributed by atoms with Gasteiger partial charge in [-0.2, -0.15) is 0 Å². The maximum absolute atomic E-state index is 12.7. The smallest absolute Gasteiger partial charge is 0.306 e. The number of nitrogens with one attached hydrogen (secondary N) is 4. The van der Waals surface area contributed by atoms with Crippen LogP contribution in [-0.2, 0) is 28.4 Å². The molecule has 0 aliphatic heterocycles. The van der Waals surface area contributed by atoms with Gasteiger partial charge in [0.2, 0.25) is 5.91 Å². The molecule has 0 aromatic carbocycles. The minimum atomic E-state index is -0.483. The highest BCUT2D eigenvalue weighted by atomic mass is 16.5. The van der Waals surface area contributed by atoms with Crippen LogP contribution in [-0.4, -0.2) is 52.3 Å². The Hall–Kier alpha value is -4.09. The van der Waals surface area contributed by atoms with E-state index in [9.17, 15) is 19.2 Å². The molecule has 12 heteroatoms. The van der Waals surface area contributed by atoms with Crippen molar-refractivity contribution in [2.45, 2.75) is 19.3 Å². The summed E-state index contributed by atoms with van der Waals surface area (Å²) in [6.07, 6.45) is 3.33. The normalized spacial score (nSPS) is 10.3. The second-order valence-corrected chi connectivity index (χ2v) is 7.06. The lowest BCUT2D eigenvalue weighted by Crippen LogP contribution is -2.28. The van der Waals surface area contributed by atoms with Gasteiger partial charge in [-0.05, 0) is 12.1 Å². The number of hydrogen-bond donors (Lipinski definition) is 5. The van der Waals surface area contributed by atoms with Gasteiger partial charge in [-0.3, -0.25) is 24.6 Å². The van der Waals surface area contributed by atoms with Crippen molar-refractivity contribution in [2.75, 3.05) is 24.3 Å². The summed E-state index contributed by atoms with van der Waals surface area (Å²) < 4.78 is 7.61. The monoisotopic (exact) mass is 445 g/mol. The largest absolute Gasteiger partial charge is 0.469 e. The number of carbonyl (C=O) groups is 4. The van der Waals surface area contributed by atoms with E-state index in [1.807, 2.05) is 0 Å². The number of nitrogens with zero attached hydrogens (tertiary/aromatic N) is 2. The minimum absolute atomic E-state index is 0.0216. The summed E-state index contributed by atoms with van der Waals surface area (Å²) in [5, 5.41) is 15.2. The average Bonchev–Trinajstić information content (AvgIpc) is 3.27. The van der Waals surface area contributed by atoms with E-state index in [2.05, 4.69) is 20.7 Å². The molecule has 3 amide bonds. The molecule has 2 aromatic rings. The Morgan fingerprint density at radius 1 is 0.938 bits per heavy atom. The Balaban J connectivity index is 1.99. The number of aryl methyl sites for hydroxylation is 2. The Labute approximate surface area is 184 Å². The molecule has 0 spiro atoms. The predicted molar refractivity (Wildman–Crippen MR) is 118 cm³/mol. The molecular formula is C20H27N7O5. The van der Waals surface area contributed by atoms with Gasteiger partial charge in [0.1, 0.15) is 11.4 Å². The molecule has 172 valence electrons. The zero-order chi connectivity index (χ0) is 23.8. The van der Waals surface area contributed by atoms with E-state index in [1.165, 1.54) is 19.2 Å². The number of ether oxygens (including phenoxy) is 1. The maximum Gasteiger partial charge on any atom is 0.306 e. The second kappa shape index (κ2) is 10.8. The van der Waals surface area contributed by atoms with Gasteiger partial charge >= 0.3 is 5.97 Å². The highest BCUT2D eigenvalue weighted by Gasteiger charge is 2.17. The number of methoxy groups -OCH3 is 1. The van der Waals surface area contributed by atoms with Crippen LogP contribution in [0.5, 0.6) is 0 Å². The molecule has 0 unspecified atom stereocenters. The van der Waals surface area contributed by atoms with Gasteiger partial charge < -0.3 is 35.6 Å². The zero-order valence-corrected chi connectivity index (χ0v) is 18.2. The quantitative estimate of drug-likeness (QED) is 0.203. The standard InChI is InChI=1S/C20H27N7O5/c1-26-11-13(9-14(26)19(30)23-7-6-16(21)22)25-20(31)15-8-12(10-27(15)2)24-17(28)4-5-18(29)32-3/h8-11H,4-7H2,1-3H3,(H3,21,22)(H,23,30)(H,24,28)(H,25,31). The fourth-order valence-electron chi connectivity index (χ4n) is 2.85. The van der Waals surface area contributed by atoms with Crippen molar-refractivity contribution < 1.29 is 23.9 Å². The number of amidine groups is 1. The number of nitrogens with two attached hydrogens (primary N) is 1. The van der Waals surface area contributed by atoms with E-state index in [1.54, 1.807) is 35.6 Å². The summed E-state index contributed by atoms with van der Waals surface area (Å²) in [5.74, 6) is -1.67. The molecule has 0 bridgehead atoms. The zero-order valence-electron chi connectivity index (χ0n) is 18.2. The highest BCUT2D eigenvalue weighted by Crippen LogP contribution is 2.17. The minimum Gasteiger partial charge on any atom is -0.469 e. The van der Waals surface area contributed by atoms with Gasteiger partial charge in [0.15, 0.2) is 0 Å². The summed E-state index contributed by atoms with van der Waals surface area (Å²) in [4.78, 5) is 48.0. The lowest BCUT2D eigenvalue weighted by atomic mass is 10.3. The first-order valence-electron chi connectivity index (χ1n) is 9.72. The number of rotatable bonds is 10. The van der Waals surface area contributed by atoms with Gasteiger partial charge in [-0.15, -0.1) is 0 Å². The van der Waals surface area contributed by atoms with Crippen LogP contribution in [0.25, 0.3) is 0 Å². The van der Waals surface area contributed by atoms with Gasteiger partial charge in [0, 0.05) is 45.9 Å². The van der Waals surface area contributed by atoms with Crippen LogP contribution in [0.2, 0.25) is 0 Å². The van der Waals surface area contributed by atoms with Crippen LogP contribution >= 0.6 is 0 Å². The van der Waals surface area contributed by atoms with E-state index in [-0.39, 0.29) is 49.2 Å². The van der Waals surface area contributed by atoms with Crippen LogP contribution < -0.4 is 21.7 Å². The van der Waals surface area contributed by atoms with E-state index in [0.29, 0.717) is 17.1 Å². The highest BCUT2D eigenvalue weighted by molar-refractivity contribution is 6.05. The van der Waals surface area contributed by atoms with Crippen molar-refractivity contribution in [2.24, 2.45) is 19.8 Å². The number of aromatic nitrogens is 2. The Bertz CT molecular complexity index is 1040. The van der Waals surface area contributed by atoms with E-state index < -0.39 is 11.9 Å².